The first-order chi connectivity index (χ1) is 12.9. The van der Waals surface area contributed by atoms with E-state index < -0.39 is 9.84 Å². The van der Waals surface area contributed by atoms with Crippen LogP contribution < -0.4 is 0 Å². The number of H-pyrrole nitrogens is 1. The average Bonchev–Trinajstić information content (AvgIpc) is 3.05. The minimum Gasteiger partial charge on any atom is -0.345 e. The van der Waals surface area contributed by atoms with Crippen LogP contribution >= 0.6 is 0 Å². The summed E-state index contributed by atoms with van der Waals surface area (Å²) in [4.78, 5) is 7.54. The predicted octanol–water partition coefficient (Wildman–Crippen LogP) is 2.95. The van der Waals surface area contributed by atoms with Crippen LogP contribution in [0, 0.1) is 17.8 Å². The molecule has 0 aromatic carbocycles. The number of aromatic nitrogens is 5. The largest absolute Gasteiger partial charge is 0.345 e. The molecule has 5 rings (SSSR count). The van der Waals surface area contributed by atoms with Crippen LogP contribution in [-0.2, 0) is 9.84 Å². The molecule has 27 heavy (non-hydrogen) atoms. The van der Waals surface area contributed by atoms with Gasteiger partial charge in [0.15, 0.2) is 21.1 Å². The smallest absolute Gasteiger partial charge is 0.179 e. The maximum Gasteiger partial charge on any atom is 0.179 e. The maximum absolute atomic E-state index is 12.5. The summed E-state index contributed by atoms with van der Waals surface area (Å²) in [5.41, 5.74) is 2.54. The van der Waals surface area contributed by atoms with Crippen LogP contribution in [0.4, 0.5) is 0 Å². The lowest BCUT2D eigenvalue weighted by molar-refractivity contribution is 0.343. The van der Waals surface area contributed by atoms with Gasteiger partial charge < -0.3 is 4.98 Å². The summed E-state index contributed by atoms with van der Waals surface area (Å²) in [6, 6.07) is 2.00. The number of hydrogen-bond donors (Lipinski definition) is 1. The van der Waals surface area contributed by atoms with E-state index in [1.54, 1.807) is 6.20 Å². The topological polar surface area (TPSA) is 93.0 Å². The van der Waals surface area contributed by atoms with Crippen LogP contribution in [-0.4, -0.2) is 44.0 Å². The van der Waals surface area contributed by atoms with Crippen LogP contribution in [0.1, 0.15) is 51.3 Å². The third kappa shape index (κ3) is 2.85. The monoisotopic (exact) mass is 387 g/mol. The normalized spacial score (nSPS) is 26.6. The minimum atomic E-state index is -2.94. The second-order valence-corrected chi connectivity index (χ2v) is 10.9. The minimum absolute atomic E-state index is 0.0754. The molecular formula is C19H25N5O2S. The summed E-state index contributed by atoms with van der Waals surface area (Å²) >= 11 is 0. The molecule has 3 aromatic heterocycles. The molecule has 0 bridgehead atoms. The summed E-state index contributed by atoms with van der Waals surface area (Å²) in [6.45, 7) is 4.46. The van der Waals surface area contributed by atoms with Crippen molar-refractivity contribution >= 4 is 26.6 Å². The Morgan fingerprint density at radius 1 is 1.26 bits per heavy atom. The molecule has 0 aliphatic heterocycles. The lowest BCUT2D eigenvalue weighted by Gasteiger charge is -2.21. The first kappa shape index (κ1) is 17.2. The van der Waals surface area contributed by atoms with Gasteiger partial charge in [0, 0.05) is 12.1 Å². The Bertz CT molecular complexity index is 1100. The third-order valence-electron chi connectivity index (χ3n) is 6.36. The third-order valence-corrected chi connectivity index (χ3v) is 8.79. The highest BCUT2D eigenvalue weighted by atomic mass is 32.2. The van der Waals surface area contributed by atoms with Crippen molar-refractivity contribution < 1.29 is 8.42 Å². The van der Waals surface area contributed by atoms with Crippen molar-refractivity contribution in [1.29, 1.82) is 0 Å². The zero-order valence-electron chi connectivity index (χ0n) is 15.7. The van der Waals surface area contributed by atoms with E-state index in [-0.39, 0.29) is 17.1 Å². The van der Waals surface area contributed by atoms with Gasteiger partial charge in [-0.2, -0.15) is 0 Å². The van der Waals surface area contributed by atoms with E-state index in [2.05, 4.69) is 38.4 Å². The highest BCUT2D eigenvalue weighted by molar-refractivity contribution is 7.92. The van der Waals surface area contributed by atoms with Gasteiger partial charge in [-0.15, -0.1) is 10.2 Å². The van der Waals surface area contributed by atoms with Crippen LogP contribution in [0.3, 0.4) is 0 Å². The number of sulfone groups is 1. The van der Waals surface area contributed by atoms with Gasteiger partial charge in [0.25, 0.3) is 0 Å². The first-order valence-corrected chi connectivity index (χ1v) is 11.5. The number of fused-ring (bicyclic) bond motifs is 3. The lowest BCUT2D eigenvalue weighted by Crippen LogP contribution is -2.18. The standard InChI is InChI=1S/C19H25N5O2S/c1-11(2)14-7-12(10-27(25,26)13-3-4-13)8-15(14)19-23-22-17-9-21-18-16(24(17)19)5-6-20-18/h5-6,9,11-15,20H,3-4,7-8,10H2,1-2H3/t12-,14-,15+/m1/s1. The van der Waals surface area contributed by atoms with Crippen LogP contribution in [0.15, 0.2) is 18.5 Å². The number of nitrogens with one attached hydrogen (secondary N) is 1. The molecule has 2 fully saturated rings. The zero-order valence-corrected chi connectivity index (χ0v) is 16.5. The molecule has 3 heterocycles. The van der Waals surface area contributed by atoms with E-state index in [1.165, 1.54) is 0 Å². The van der Waals surface area contributed by atoms with Crippen molar-refractivity contribution in [2.24, 2.45) is 17.8 Å². The summed E-state index contributed by atoms with van der Waals surface area (Å²) in [6.07, 6.45) is 7.12. The molecule has 0 amide bonds. The molecule has 0 unspecified atom stereocenters. The summed E-state index contributed by atoms with van der Waals surface area (Å²) < 4.78 is 27.1. The Hall–Kier alpha value is -1.96. The molecule has 0 radical (unpaired) electrons. The van der Waals surface area contributed by atoms with Gasteiger partial charge in [0.05, 0.1) is 22.7 Å². The van der Waals surface area contributed by atoms with Gasteiger partial charge in [-0.1, -0.05) is 13.8 Å². The van der Waals surface area contributed by atoms with Crippen molar-refractivity contribution in [3.8, 4) is 0 Å². The Balaban J connectivity index is 1.53. The van der Waals surface area contributed by atoms with E-state index >= 15 is 0 Å². The quantitative estimate of drug-likeness (QED) is 0.726. The highest BCUT2D eigenvalue weighted by Crippen LogP contribution is 2.47. The fraction of sp³-hybridized carbons (Fsp3) is 0.632. The van der Waals surface area contributed by atoms with Crippen molar-refractivity contribution in [2.75, 3.05) is 5.75 Å². The highest BCUT2D eigenvalue weighted by Gasteiger charge is 2.44. The maximum atomic E-state index is 12.5. The van der Waals surface area contributed by atoms with Gasteiger partial charge >= 0.3 is 0 Å². The SMILES string of the molecule is CC(C)[C@H]1C[C@@H](CS(=O)(=O)C2CC2)C[C@@H]1c1nnc2cnc3[nH]ccc3n12. The molecule has 2 aliphatic rings. The fourth-order valence-electron chi connectivity index (χ4n) is 4.88. The molecule has 0 spiro atoms. The molecule has 1 N–H and O–H groups in total. The zero-order chi connectivity index (χ0) is 18.8. The molecule has 0 saturated heterocycles. The lowest BCUT2D eigenvalue weighted by atomic mass is 9.85. The van der Waals surface area contributed by atoms with Crippen molar-refractivity contribution in [3.05, 3.63) is 24.3 Å². The second-order valence-electron chi connectivity index (χ2n) is 8.60. The molecule has 7 nitrogen and oxygen atoms in total. The summed E-state index contributed by atoms with van der Waals surface area (Å²) in [5, 5.41) is 8.80. The molecule has 8 heteroatoms. The number of hydrogen-bond acceptors (Lipinski definition) is 5. The van der Waals surface area contributed by atoms with E-state index in [1.807, 2.05) is 12.3 Å². The molecule has 144 valence electrons. The molecule has 2 aliphatic carbocycles. The fourth-order valence-corrected chi connectivity index (χ4v) is 6.93. The number of nitrogens with zero attached hydrogens (tertiary/aromatic N) is 4. The van der Waals surface area contributed by atoms with Crippen LogP contribution in [0.5, 0.6) is 0 Å². The van der Waals surface area contributed by atoms with Crippen LogP contribution in [0.25, 0.3) is 16.8 Å². The van der Waals surface area contributed by atoms with Crippen molar-refractivity contribution in [2.45, 2.75) is 50.7 Å². The van der Waals surface area contributed by atoms with Gasteiger partial charge in [-0.3, -0.25) is 4.40 Å². The van der Waals surface area contributed by atoms with E-state index in [4.69, 9.17) is 0 Å². The second kappa shape index (κ2) is 6.02. The predicted molar refractivity (Wildman–Crippen MR) is 103 cm³/mol. The first-order valence-electron chi connectivity index (χ1n) is 9.82. The Labute approximate surface area is 158 Å². The van der Waals surface area contributed by atoms with E-state index in [0.717, 1.165) is 48.3 Å². The molecule has 3 atom stereocenters. The number of rotatable bonds is 5. The van der Waals surface area contributed by atoms with Gasteiger partial charge in [0.2, 0.25) is 0 Å². The van der Waals surface area contributed by atoms with Gasteiger partial charge in [-0.05, 0) is 49.5 Å². The van der Waals surface area contributed by atoms with Gasteiger partial charge in [-0.25, -0.2) is 13.4 Å². The van der Waals surface area contributed by atoms with E-state index in [0.29, 0.717) is 17.6 Å². The Kier molecular flexibility index (Phi) is 3.83. The Morgan fingerprint density at radius 2 is 2.07 bits per heavy atom. The van der Waals surface area contributed by atoms with E-state index in [9.17, 15) is 8.42 Å². The average molecular weight is 388 g/mol. The van der Waals surface area contributed by atoms with Crippen molar-refractivity contribution in [3.63, 3.8) is 0 Å². The van der Waals surface area contributed by atoms with Gasteiger partial charge in [0.1, 0.15) is 5.82 Å². The molecule has 3 aromatic rings. The Morgan fingerprint density at radius 3 is 2.81 bits per heavy atom. The molecule has 2 saturated carbocycles. The summed E-state index contributed by atoms with van der Waals surface area (Å²) in [7, 11) is -2.94. The van der Waals surface area contributed by atoms with Crippen molar-refractivity contribution in [1.82, 2.24) is 24.6 Å². The molecular weight excluding hydrogens is 362 g/mol. The summed E-state index contributed by atoms with van der Waals surface area (Å²) in [5.74, 6) is 2.60. The number of aromatic amines is 1. The van der Waals surface area contributed by atoms with Crippen LogP contribution in [0.2, 0.25) is 0 Å².